The fourth-order valence-electron chi connectivity index (χ4n) is 1.99. The van der Waals surface area contributed by atoms with Crippen molar-refractivity contribution >= 4 is 17.3 Å². The van der Waals surface area contributed by atoms with E-state index < -0.39 is 18.5 Å². The van der Waals surface area contributed by atoms with Crippen LogP contribution in [0, 0.1) is 0 Å². The second kappa shape index (κ2) is 4.88. The minimum absolute atomic E-state index is 0.418. The van der Waals surface area contributed by atoms with Crippen LogP contribution in [0.1, 0.15) is 18.4 Å². The summed E-state index contributed by atoms with van der Waals surface area (Å²) in [4.78, 5) is 11.3. The van der Waals surface area contributed by atoms with Gasteiger partial charge in [-0.3, -0.25) is 4.79 Å². The molecule has 0 bridgehead atoms. The van der Waals surface area contributed by atoms with Gasteiger partial charge in [-0.1, -0.05) is 12.1 Å². The molecule has 1 aromatic carbocycles. The van der Waals surface area contributed by atoms with Gasteiger partial charge in [-0.25, -0.2) is 0 Å². The van der Waals surface area contributed by atoms with Gasteiger partial charge in [0, 0.05) is 6.54 Å². The van der Waals surface area contributed by atoms with Gasteiger partial charge in [0.1, 0.15) is 6.42 Å². The van der Waals surface area contributed by atoms with Crippen LogP contribution in [-0.2, 0) is 11.2 Å². The number of para-hydroxylation sites is 1. The second-order valence-electron chi connectivity index (χ2n) is 4.21. The molecule has 0 unspecified atom stereocenters. The summed E-state index contributed by atoms with van der Waals surface area (Å²) in [6, 6.07) is 5.24. The van der Waals surface area contributed by atoms with Crippen molar-refractivity contribution in [3.8, 4) is 0 Å². The monoisotopic (exact) mass is 258 g/mol. The largest absolute Gasteiger partial charge is 0.397 e. The first-order chi connectivity index (χ1) is 8.46. The molecule has 3 nitrogen and oxygen atoms in total. The Bertz CT molecular complexity index is 457. The molecule has 2 N–H and O–H groups in total. The zero-order valence-corrected chi connectivity index (χ0v) is 9.60. The molecule has 1 amide bonds. The zero-order chi connectivity index (χ0) is 13.2. The molecular weight excluding hydrogens is 245 g/mol. The van der Waals surface area contributed by atoms with Gasteiger partial charge in [0.25, 0.3) is 0 Å². The summed E-state index contributed by atoms with van der Waals surface area (Å²) < 4.78 is 36.2. The van der Waals surface area contributed by atoms with Gasteiger partial charge in [0.15, 0.2) is 0 Å². The molecule has 0 saturated carbocycles. The summed E-state index contributed by atoms with van der Waals surface area (Å²) >= 11 is 0. The zero-order valence-electron chi connectivity index (χ0n) is 9.60. The Kier molecular flexibility index (Phi) is 3.45. The normalized spacial score (nSPS) is 14.6. The molecule has 1 heterocycles. The van der Waals surface area contributed by atoms with Gasteiger partial charge in [-0.05, 0) is 24.5 Å². The quantitative estimate of drug-likeness (QED) is 0.856. The fraction of sp³-hybridized carbons (Fsp3) is 0.417. The predicted molar refractivity (Wildman–Crippen MR) is 62.6 cm³/mol. The standard InChI is InChI=1S/C12H13F3N2O/c13-12(14,15)7-10(18)17-9-5-1-3-8-4-2-6-16-11(8)9/h1,3,5,16H,2,4,6-7H2,(H,17,18). The van der Waals surface area contributed by atoms with Crippen LogP contribution in [0.5, 0.6) is 0 Å². The summed E-state index contributed by atoms with van der Waals surface area (Å²) in [5, 5.41) is 5.41. The third kappa shape index (κ3) is 3.15. The number of carbonyl (C=O) groups excluding carboxylic acids is 1. The number of hydrogen-bond donors (Lipinski definition) is 2. The first-order valence-corrected chi connectivity index (χ1v) is 5.68. The van der Waals surface area contributed by atoms with E-state index >= 15 is 0 Å². The van der Waals surface area contributed by atoms with Crippen LogP contribution in [0.2, 0.25) is 0 Å². The van der Waals surface area contributed by atoms with Crippen LogP contribution < -0.4 is 10.6 Å². The summed E-state index contributed by atoms with van der Waals surface area (Å²) in [5.41, 5.74) is 2.17. The van der Waals surface area contributed by atoms with Gasteiger partial charge in [0.2, 0.25) is 5.91 Å². The van der Waals surface area contributed by atoms with E-state index in [9.17, 15) is 18.0 Å². The summed E-state index contributed by atoms with van der Waals surface area (Å²) in [6.07, 6.45) is -4.10. The molecule has 0 spiro atoms. The highest BCUT2D eigenvalue weighted by Gasteiger charge is 2.31. The number of rotatable bonds is 2. The average Bonchev–Trinajstić information content (AvgIpc) is 2.27. The van der Waals surface area contributed by atoms with Gasteiger partial charge in [-0.15, -0.1) is 0 Å². The number of anilines is 2. The molecule has 0 fully saturated rings. The van der Waals surface area contributed by atoms with E-state index in [1.165, 1.54) is 0 Å². The second-order valence-corrected chi connectivity index (χ2v) is 4.21. The number of halogens is 3. The number of nitrogens with one attached hydrogen (secondary N) is 2. The Morgan fingerprint density at radius 3 is 2.89 bits per heavy atom. The van der Waals surface area contributed by atoms with E-state index in [0.29, 0.717) is 5.69 Å². The lowest BCUT2D eigenvalue weighted by atomic mass is 10.0. The lowest BCUT2D eigenvalue weighted by Crippen LogP contribution is -2.22. The number of alkyl halides is 3. The highest BCUT2D eigenvalue weighted by molar-refractivity contribution is 5.95. The van der Waals surface area contributed by atoms with Gasteiger partial charge < -0.3 is 10.6 Å². The van der Waals surface area contributed by atoms with E-state index in [2.05, 4.69) is 10.6 Å². The maximum Gasteiger partial charge on any atom is 0.397 e. The topological polar surface area (TPSA) is 41.1 Å². The number of aryl methyl sites for hydroxylation is 1. The Morgan fingerprint density at radius 1 is 1.39 bits per heavy atom. The SMILES string of the molecule is O=C(CC(F)(F)F)Nc1cccc2c1NCCC2. The van der Waals surface area contributed by atoms with Crippen molar-refractivity contribution in [2.75, 3.05) is 17.2 Å². The van der Waals surface area contributed by atoms with Crippen molar-refractivity contribution < 1.29 is 18.0 Å². The average molecular weight is 258 g/mol. The molecule has 0 aromatic heterocycles. The van der Waals surface area contributed by atoms with Crippen LogP contribution >= 0.6 is 0 Å². The molecule has 0 aliphatic carbocycles. The number of carbonyl (C=O) groups is 1. The van der Waals surface area contributed by atoms with Crippen LogP contribution in [0.15, 0.2) is 18.2 Å². The molecule has 0 saturated heterocycles. The van der Waals surface area contributed by atoms with Crippen molar-refractivity contribution in [3.63, 3.8) is 0 Å². The first kappa shape index (κ1) is 12.7. The summed E-state index contributed by atoms with van der Waals surface area (Å²) in [5.74, 6) is -1.04. The van der Waals surface area contributed by atoms with Gasteiger partial charge >= 0.3 is 6.18 Å². The Morgan fingerprint density at radius 2 is 2.17 bits per heavy atom. The highest BCUT2D eigenvalue weighted by Crippen LogP contribution is 2.30. The van der Waals surface area contributed by atoms with Crippen molar-refractivity contribution in [1.82, 2.24) is 0 Å². The third-order valence-corrected chi connectivity index (χ3v) is 2.71. The van der Waals surface area contributed by atoms with Gasteiger partial charge in [-0.2, -0.15) is 13.2 Å². The van der Waals surface area contributed by atoms with Crippen LogP contribution in [-0.4, -0.2) is 18.6 Å². The maximum atomic E-state index is 12.1. The summed E-state index contributed by atoms with van der Waals surface area (Å²) in [6.45, 7) is 0.763. The van der Waals surface area contributed by atoms with Crippen LogP contribution in [0.4, 0.5) is 24.5 Å². The van der Waals surface area contributed by atoms with E-state index in [1.54, 1.807) is 12.1 Å². The first-order valence-electron chi connectivity index (χ1n) is 5.68. The third-order valence-electron chi connectivity index (χ3n) is 2.71. The Balaban J connectivity index is 2.12. The van der Waals surface area contributed by atoms with Gasteiger partial charge in [0.05, 0.1) is 11.4 Å². The number of amides is 1. The minimum atomic E-state index is -4.48. The van der Waals surface area contributed by atoms with E-state index in [-0.39, 0.29) is 0 Å². The minimum Gasteiger partial charge on any atom is -0.383 e. The molecule has 2 rings (SSSR count). The van der Waals surface area contributed by atoms with E-state index in [4.69, 9.17) is 0 Å². The van der Waals surface area contributed by atoms with E-state index in [0.717, 1.165) is 30.6 Å². The van der Waals surface area contributed by atoms with Crippen LogP contribution in [0.3, 0.4) is 0 Å². The number of benzene rings is 1. The molecular formula is C12H13F3N2O. The molecule has 1 aromatic rings. The van der Waals surface area contributed by atoms with E-state index in [1.807, 2.05) is 6.07 Å². The Labute approximate surface area is 102 Å². The molecule has 18 heavy (non-hydrogen) atoms. The number of fused-ring (bicyclic) bond motifs is 1. The lowest BCUT2D eigenvalue weighted by Gasteiger charge is -2.21. The molecule has 6 heteroatoms. The lowest BCUT2D eigenvalue weighted by molar-refractivity contribution is -0.150. The molecule has 98 valence electrons. The van der Waals surface area contributed by atoms with Crippen molar-refractivity contribution in [2.24, 2.45) is 0 Å². The smallest absolute Gasteiger partial charge is 0.383 e. The maximum absolute atomic E-state index is 12.1. The number of hydrogen-bond acceptors (Lipinski definition) is 2. The van der Waals surface area contributed by atoms with Crippen LogP contribution in [0.25, 0.3) is 0 Å². The Hall–Kier alpha value is -1.72. The predicted octanol–water partition coefficient (Wildman–Crippen LogP) is 2.94. The summed E-state index contributed by atoms with van der Waals surface area (Å²) in [7, 11) is 0. The molecule has 0 radical (unpaired) electrons. The highest BCUT2D eigenvalue weighted by atomic mass is 19.4. The molecule has 1 aliphatic heterocycles. The van der Waals surface area contributed by atoms with Crippen molar-refractivity contribution in [1.29, 1.82) is 0 Å². The molecule has 0 atom stereocenters. The molecule has 1 aliphatic rings. The van der Waals surface area contributed by atoms with Crippen molar-refractivity contribution in [3.05, 3.63) is 23.8 Å². The fourth-order valence-corrected chi connectivity index (χ4v) is 1.99. The van der Waals surface area contributed by atoms with Crippen molar-refractivity contribution in [2.45, 2.75) is 25.4 Å².